The second-order valence-electron chi connectivity index (χ2n) is 6.89. The van der Waals surface area contributed by atoms with Crippen LogP contribution < -0.4 is 5.32 Å². The smallest absolute Gasteiger partial charge is 0.235 e. The average Bonchev–Trinajstić information content (AvgIpc) is 3.24. The van der Waals surface area contributed by atoms with Gasteiger partial charge in [-0.1, -0.05) is 29.5 Å². The lowest BCUT2D eigenvalue weighted by Crippen LogP contribution is -2.19. The van der Waals surface area contributed by atoms with E-state index in [1.807, 2.05) is 46.5 Å². The highest BCUT2D eigenvalue weighted by molar-refractivity contribution is 7.99. The molecule has 1 fully saturated rings. The fourth-order valence-electron chi connectivity index (χ4n) is 3.03. The Balaban J connectivity index is 1.39. The van der Waals surface area contributed by atoms with Crippen LogP contribution in [0.4, 0.5) is 5.82 Å². The first-order chi connectivity index (χ1) is 13.1. The lowest BCUT2D eigenvalue weighted by molar-refractivity contribution is -0.113. The number of nitrogens with one attached hydrogen (secondary N) is 1. The van der Waals surface area contributed by atoms with E-state index >= 15 is 0 Å². The summed E-state index contributed by atoms with van der Waals surface area (Å²) in [5, 5.41) is 16.1. The minimum absolute atomic E-state index is 0.0804. The molecule has 1 amide bonds. The predicted octanol–water partition coefficient (Wildman–Crippen LogP) is 3.47. The fourth-order valence-corrected chi connectivity index (χ4v) is 3.76. The van der Waals surface area contributed by atoms with E-state index in [9.17, 15) is 4.79 Å². The Morgan fingerprint density at radius 1 is 1.30 bits per heavy atom. The van der Waals surface area contributed by atoms with Gasteiger partial charge in [-0.3, -0.25) is 9.36 Å². The van der Waals surface area contributed by atoms with Crippen LogP contribution in [0.5, 0.6) is 0 Å². The van der Waals surface area contributed by atoms with Crippen LogP contribution in [-0.4, -0.2) is 36.2 Å². The number of nitrogens with zero attached hydrogens (tertiary/aromatic N) is 5. The summed E-state index contributed by atoms with van der Waals surface area (Å²) in [6.07, 6.45) is 5.87. The van der Waals surface area contributed by atoms with Crippen molar-refractivity contribution in [1.82, 2.24) is 24.5 Å². The van der Waals surface area contributed by atoms with Gasteiger partial charge >= 0.3 is 0 Å². The number of thioether (sulfide) groups is 1. The number of aromatic nitrogens is 5. The third kappa shape index (κ3) is 4.05. The Hall–Kier alpha value is -2.61. The number of hydrogen-bond acceptors (Lipinski definition) is 5. The van der Waals surface area contributed by atoms with Gasteiger partial charge < -0.3 is 5.32 Å². The molecule has 0 aliphatic heterocycles. The molecule has 140 valence electrons. The summed E-state index contributed by atoms with van der Waals surface area (Å²) < 4.78 is 3.80. The molecule has 2 aromatic heterocycles. The van der Waals surface area contributed by atoms with Crippen LogP contribution in [0.2, 0.25) is 0 Å². The van der Waals surface area contributed by atoms with Crippen molar-refractivity contribution in [3.05, 3.63) is 48.4 Å². The van der Waals surface area contributed by atoms with E-state index in [0.29, 0.717) is 17.1 Å². The van der Waals surface area contributed by atoms with Crippen molar-refractivity contribution >= 4 is 23.5 Å². The van der Waals surface area contributed by atoms with Crippen molar-refractivity contribution in [1.29, 1.82) is 0 Å². The molecule has 1 aliphatic rings. The molecule has 7 nitrogen and oxygen atoms in total. The van der Waals surface area contributed by atoms with E-state index in [4.69, 9.17) is 0 Å². The SMILES string of the molecule is Cc1ccc(-n2cnnc2SCC(=O)Nc2ccnn2C(C)C2CC2)cc1. The summed E-state index contributed by atoms with van der Waals surface area (Å²) in [7, 11) is 0. The highest BCUT2D eigenvalue weighted by Crippen LogP contribution is 2.40. The summed E-state index contributed by atoms with van der Waals surface area (Å²) in [4.78, 5) is 12.4. The maximum atomic E-state index is 12.4. The van der Waals surface area contributed by atoms with E-state index in [2.05, 4.69) is 27.5 Å². The zero-order valence-electron chi connectivity index (χ0n) is 15.4. The second-order valence-corrected chi connectivity index (χ2v) is 7.84. The molecule has 2 heterocycles. The number of amides is 1. The van der Waals surface area contributed by atoms with E-state index in [-0.39, 0.29) is 11.7 Å². The zero-order chi connectivity index (χ0) is 18.8. The van der Waals surface area contributed by atoms with Crippen molar-refractivity contribution in [2.45, 2.75) is 37.9 Å². The summed E-state index contributed by atoms with van der Waals surface area (Å²) in [5.74, 6) is 1.60. The van der Waals surface area contributed by atoms with Crippen LogP contribution in [-0.2, 0) is 4.79 Å². The molecule has 8 heteroatoms. The summed E-state index contributed by atoms with van der Waals surface area (Å²) in [6, 6.07) is 10.3. The molecule has 3 aromatic rings. The molecule has 0 bridgehead atoms. The van der Waals surface area contributed by atoms with E-state index < -0.39 is 0 Å². The molecule has 0 radical (unpaired) electrons. The third-order valence-electron chi connectivity index (χ3n) is 4.79. The Morgan fingerprint density at radius 2 is 2.07 bits per heavy atom. The molecule has 1 aliphatic carbocycles. The summed E-state index contributed by atoms with van der Waals surface area (Å²) in [6.45, 7) is 4.20. The van der Waals surface area contributed by atoms with Gasteiger partial charge in [-0.2, -0.15) is 5.10 Å². The van der Waals surface area contributed by atoms with Crippen LogP contribution in [0.15, 0.2) is 48.0 Å². The predicted molar refractivity (Wildman–Crippen MR) is 105 cm³/mol. The summed E-state index contributed by atoms with van der Waals surface area (Å²) in [5.41, 5.74) is 2.17. The molecule has 4 rings (SSSR count). The number of aryl methyl sites for hydroxylation is 1. The highest BCUT2D eigenvalue weighted by atomic mass is 32.2. The van der Waals surface area contributed by atoms with Crippen molar-refractivity contribution in [2.24, 2.45) is 5.92 Å². The zero-order valence-corrected chi connectivity index (χ0v) is 16.2. The van der Waals surface area contributed by atoms with Crippen molar-refractivity contribution in [3.63, 3.8) is 0 Å². The Kier molecular flexibility index (Phi) is 4.98. The first kappa shape index (κ1) is 17.8. The highest BCUT2D eigenvalue weighted by Gasteiger charge is 2.30. The molecule has 0 spiro atoms. The van der Waals surface area contributed by atoms with Gasteiger partial charge in [-0.15, -0.1) is 10.2 Å². The van der Waals surface area contributed by atoms with Crippen LogP contribution in [0.25, 0.3) is 5.69 Å². The Morgan fingerprint density at radius 3 is 2.81 bits per heavy atom. The standard InChI is InChI=1S/C19H22N6OS/c1-13-3-7-16(8-4-13)24-12-20-23-19(24)27-11-18(26)22-17-9-10-21-25(17)14(2)15-5-6-15/h3-4,7-10,12,14-15H,5-6,11H2,1-2H3,(H,22,26). The lowest BCUT2D eigenvalue weighted by Gasteiger charge is -2.15. The maximum Gasteiger partial charge on any atom is 0.235 e. The number of hydrogen-bond donors (Lipinski definition) is 1. The molecule has 1 aromatic carbocycles. The molecular formula is C19H22N6OS. The minimum atomic E-state index is -0.0804. The monoisotopic (exact) mass is 382 g/mol. The quantitative estimate of drug-likeness (QED) is 0.633. The molecule has 27 heavy (non-hydrogen) atoms. The molecule has 1 N–H and O–H groups in total. The molecule has 1 saturated carbocycles. The van der Waals surface area contributed by atoms with E-state index in [1.165, 1.54) is 30.2 Å². The maximum absolute atomic E-state index is 12.4. The van der Waals surface area contributed by atoms with Gasteiger partial charge in [0.15, 0.2) is 5.16 Å². The van der Waals surface area contributed by atoms with Crippen LogP contribution in [0, 0.1) is 12.8 Å². The second kappa shape index (κ2) is 7.56. The van der Waals surface area contributed by atoms with Gasteiger partial charge in [0.1, 0.15) is 12.1 Å². The fraction of sp³-hybridized carbons (Fsp3) is 0.368. The Labute approximate surface area is 162 Å². The normalized spacial score (nSPS) is 14.9. The first-order valence-corrected chi connectivity index (χ1v) is 10.0. The van der Waals surface area contributed by atoms with Gasteiger partial charge in [0.05, 0.1) is 18.0 Å². The van der Waals surface area contributed by atoms with E-state index in [0.717, 1.165) is 11.5 Å². The van der Waals surface area contributed by atoms with E-state index in [1.54, 1.807) is 12.5 Å². The topological polar surface area (TPSA) is 77.6 Å². The molecule has 0 saturated heterocycles. The number of carbonyl (C=O) groups is 1. The van der Waals surface area contributed by atoms with Crippen LogP contribution in [0.1, 0.15) is 31.4 Å². The van der Waals surface area contributed by atoms with Crippen molar-refractivity contribution in [2.75, 3.05) is 11.1 Å². The lowest BCUT2D eigenvalue weighted by atomic mass is 10.2. The van der Waals surface area contributed by atoms with Gasteiger partial charge in [0.2, 0.25) is 5.91 Å². The van der Waals surface area contributed by atoms with Crippen LogP contribution >= 0.6 is 11.8 Å². The van der Waals surface area contributed by atoms with Crippen LogP contribution in [0.3, 0.4) is 0 Å². The van der Waals surface area contributed by atoms with Gasteiger partial charge in [-0.25, -0.2) is 4.68 Å². The third-order valence-corrected chi connectivity index (χ3v) is 5.73. The number of benzene rings is 1. The number of rotatable bonds is 7. The number of carbonyl (C=O) groups excluding carboxylic acids is 1. The Bertz CT molecular complexity index is 928. The van der Waals surface area contributed by atoms with Crippen molar-refractivity contribution in [3.8, 4) is 5.69 Å². The molecule has 1 unspecified atom stereocenters. The van der Waals surface area contributed by atoms with Gasteiger partial charge in [-0.05, 0) is 44.7 Å². The largest absolute Gasteiger partial charge is 0.310 e. The van der Waals surface area contributed by atoms with Crippen molar-refractivity contribution < 1.29 is 4.79 Å². The minimum Gasteiger partial charge on any atom is -0.310 e. The molecule has 1 atom stereocenters. The molecular weight excluding hydrogens is 360 g/mol. The number of anilines is 1. The van der Waals surface area contributed by atoms with Gasteiger partial charge in [0.25, 0.3) is 0 Å². The summed E-state index contributed by atoms with van der Waals surface area (Å²) >= 11 is 1.36. The average molecular weight is 382 g/mol. The first-order valence-electron chi connectivity index (χ1n) is 9.05. The van der Waals surface area contributed by atoms with Gasteiger partial charge in [0, 0.05) is 11.8 Å².